The maximum atomic E-state index is 15.4. The number of benzene rings is 2. The molecule has 1 fully saturated rings. The molecule has 1 saturated heterocycles. The summed E-state index contributed by atoms with van der Waals surface area (Å²) in [6, 6.07) is 9.50. The standard InChI is InChI=1S/C33H32FN3O8/c1-36(2)25-19-13-17-12-18-14-20(34)23(32(42)37-10-6-7-11-37)27(39)21(18)26(38)22(17)29(40)33(19,43)30(41)24-28(25)45-35-31(24)44-15-16-8-4-3-5-9-16/h3-5,8-9,14,17,19,25,39-40,43H,6-7,10-13,15H2,1-2H3/t17-,19-,25-,33-/m0/s1. The van der Waals surface area contributed by atoms with Crippen LogP contribution in [0.4, 0.5) is 4.39 Å². The minimum Gasteiger partial charge on any atom is -0.508 e. The Bertz CT molecular complexity index is 1780. The molecular formula is C33H32FN3O8. The zero-order valence-electron chi connectivity index (χ0n) is 24.7. The highest BCUT2D eigenvalue weighted by Crippen LogP contribution is 2.56. The molecule has 45 heavy (non-hydrogen) atoms. The zero-order valence-corrected chi connectivity index (χ0v) is 24.7. The number of fused-ring (bicyclic) bond motifs is 4. The quantitative estimate of drug-likeness (QED) is 0.386. The lowest BCUT2D eigenvalue weighted by atomic mass is 9.58. The largest absolute Gasteiger partial charge is 0.508 e. The molecule has 11 nitrogen and oxygen atoms in total. The number of aromatic nitrogens is 1. The highest BCUT2D eigenvalue weighted by molar-refractivity contribution is 6.17. The van der Waals surface area contributed by atoms with Gasteiger partial charge in [0.05, 0.1) is 11.6 Å². The van der Waals surface area contributed by atoms with Crippen molar-refractivity contribution in [3.8, 4) is 11.6 Å². The van der Waals surface area contributed by atoms with E-state index < -0.39 is 63.8 Å². The maximum absolute atomic E-state index is 15.4. The summed E-state index contributed by atoms with van der Waals surface area (Å²) in [4.78, 5) is 44.5. The van der Waals surface area contributed by atoms with Gasteiger partial charge < -0.3 is 29.5 Å². The third-order valence-electron chi connectivity index (χ3n) is 9.66. The van der Waals surface area contributed by atoms with Gasteiger partial charge >= 0.3 is 0 Å². The fraction of sp³-hybridized carbons (Fsp3) is 0.394. The van der Waals surface area contributed by atoms with Crippen LogP contribution in [-0.2, 0) is 13.0 Å². The summed E-state index contributed by atoms with van der Waals surface area (Å²) < 4.78 is 26.8. The average molecular weight is 618 g/mol. The van der Waals surface area contributed by atoms with Crippen LogP contribution in [0.2, 0.25) is 0 Å². The number of ether oxygens (including phenoxy) is 1. The third kappa shape index (κ3) is 4.22. The van der Waals surface area contributed by atoms with E-state index in [1.54, 1.807) is 19.0 Å². The Kier molecular flexibility index (Phi) is 6.82. The van der Waals surface area contributed by atoms with Gasteiger partial charge in [0.2, 0.25) is 5.78 Å². The number of likely N-dealkylation sites (tertiary alicyclic amines) is 1. The third-order valence-corrected chi connectivity index (χ3v) is 9.66. The van der Waals surface area contributed by atoms with E-state index in [0.29, 0.717) is 13.1 Å². The van der Waals surface area contributed by atoms with Crippen LogP contribution < -0.4 is 4.74 Å². The van der Waals surface area contributed by atoms with Gasteiger partial charge in [-0.2, -0.15) is 0 Å². The van der Waals surface area contributed by atoms with Crippen LogP contribution in [0.15, 0.2) is 52.3 Å². The number of hydrogen-bond donors (Lipinski definition) is 3. The molecule has 3 N–H and O–H groups in total. The Morgan fingerprint density at radius 1 is 1.16 bits per heavy atom. The number of phenolic OH excluding ortho intramolecular Hbond substituents is 1. The number of Topliss-reactive ketones (excluding diaryl/α,β-unsaturated/α-hetero) is 2. The van der Waals surface area contributed by atoms with E-state index in [9.17, 15) is 29.7 Å². The number of phenols is 1. The molecule has 7 rings (SSSR count). The number of allylic oxidation sites excluding steroid dienone is 1. The van der Waals surface area contributed by atoms with Crippen molar-refractivity contribution in [3.05, 3.63) is 87.1 Å². The Morgan fingerprint density at radius 2 is 1.87 bits per heavy atom. The molecule has 1 amide bonds. The average Bonchev–Trinajstić information content (AvgIpc) is 3.69. The van der Waals surface area contributed by atoms with Crippen LogP contribution in [0.1, 0.15) is 73.3 Å². The zero-order chi connectivity index (χ0) is 31.8. The van der Waals surface area contributed by atoms with Gasteiger partial charge in [0.15, 0.2) is 17.1 Å². The van der Waals surface area contributed by atoms with Crippen molar-refractivity contribution in [1.29, 1.82) is 0 Å². The molecule has 0 unspecified atom stereocenters. The second-order valence-corrected chi connectivity index (χ2v) is 12.5. The number of nitrogens with zero attached hydrogens (tertiary/aromatic N) is 3. The number of halogens is 1. The molecule has 1 aromatic heterocycles. The lowest BCUT2D eigenvalue weighted by Crippen LogP contribution is -2.59. The van der Waals surface area contributed by atoms with E-state index in [4.69, 9.17) is 9.26 Å². The van der Waals surface area contributed by atoms with Crippen molar-refractivity contribution >= 4 is 17.5 Å². The van der Waals surface area contributed by atoms with Gasteiger partial charge in [-0.25, -0.2) is 4.39 Å². The molecule has 0 bridgehead atoms. The maximum Gasteiger partial charge on any atom is 0.265 e. The highest BCUT2D eigenvalue weighted by Gasteiger charge is 2.64. The number of ketones is 2. The van der Waals surface area contributed by atoms with E-state index in [1.807, 2.05) is 30.3 Å². The van der Waals surface area contributed by atoms with Crippen molar-refractivity contribution in [1.82, 2.24) is 15.0 Å². The lowest BCUT2D eigenvalue weighted by Gasteiger charge is -2.49. The monoisotopic (exact) mass is 617 g/mol. The number of carbonyl (C=O) groups is 3. The summed E-state index contributed by atoms with van der Waals surface area (Å²) in [7, 11) is 3.45. The molecule has 0 spiro atoms. The van der Waals surface area contributed by atoms with Crippen molar-refractivity contribution in [2.45, 2.75) is 43.9 Å². The molecule has 3 aromatic rings. The van der Waals surface area contributed by atoms with Gasteiger partial charge in [-0.05, 0) is 68.0 Å². The molecule has 2 heterocycles. The van der Waals surface area contributed by atoms with Crippen molar-refractivity contribution in [2.75, 3.05) is 27.2 Å². The van der Waals surface area contributed by atoms with E-state index in [-0.39, 0.29) is 53.4 Å². The minimum absolute atomic E-state index is 0.0265. The molecule has 234 valence electrons. The van der Waals surface area contributed by atoms with Crippen LogP contribution in [0.25, 0.3) is 0 Å². The number of aliphatic hydroxyl groups is 2. The number of aromatic hydroxyl groups is 1. The fourth-order valence-corrected chi connectivity index (χ4v) is 7.55. The predicted octanol–water partition coefficient (Wildman–Crippen LogP) is 3.75. The van der Waals surface area contributed by atoms with Gasteiger partial charge in [0.1, 0.15) is 35.1 Å². The first-order chi connectivity index (χ1) is 21.5. The normalized spacial score (nSPS) is 25.6. The number of rotatable bonds is 5. The van der Waals surface area contributed by atoms with Crippen LogP contribution in [0.5, 0.6) is 11.6 Å². The lowest BCUT2D eigenvalue weighted by molar-refractivity contribution is -0.0559. The first-order valence-electron chi connectivity index (χ1n) is 15.0. The minimum atomic E-state index is -2.55. The van der Waals surface area contributed by atoms with E-state index in [1.165, 1.54) is 4.90 Å². The number of hydrogen-bond acceptors (Lipinski definition) is 10. The van der Waals surface area contributed by atoms with Crippen molar-refractivity contribution in [3.63, 3.8) is 0 Å². The van der Waals surface area contributed by atoms with Crippen LogP contribution in [0, 0.1) is 17.7 Å². The molecule has 0 radical (unpaired) electrons. The van der Waals surface area contributed by atoms with Gasteiger partial charge in [0.25, 0.3) is 11.8 Å². The number of aliphatic hydroxyl groups excluding tert-OH is 1. The molecule has 1 aliphatic heterocycles. The van der Waals surface area contributed by atoms with Crippen molar-refractivity contribution in [2.24, 2.45) is 11.8 Å². The molecule has 0 saturated carbocycles. The summed E-state index contributed by atoms with van der Waals surface area (Å²) in [6.45, 7) is 0.866. The molecule has 4 atom stereocenters. The molecule has 2 aromatic carbocycles. The van der Waals surface area contributed by atoms with Crippen LogP contribution in [-0.4, -0.2) is 80.5 Å². The summed E-state index contributed by atoms with van der Waals surface area (Å²) >= 11 is 0. The molecular weight excluding hydrogens is 585 g/mol. The SMILES string of the molecule is CN(C)[C@@H]1c2onc(OCc3ccccc3)c2C(=O)[C@@]2(O)C(O)=C3C(=O)c4c(cc(F)c(C(=O)N5CCCC5)c4O)C[C@H]3C[C@@H]12. The molecule has 4 aliphatic rings. The van der Waals surface area contributed by atoms with Gasteiger partial charge in [0, 0.05) is 24.6 Å². The van der Waals surface area contributed by atoms with Gasteiger partial charge in [-0.15, -0.1) is 0 Å². The Labute approximate surface area is 257 Å². The fourth-order valence-electron chi connectivity index (χ4n) is 7.55. The topological polar surface area (TPSA) is 154 Å². The van der Waals surface area contributed by atoms with Crippen LogP contribution in [0.3, 0.4) is 0 Å². The highest BCUT2D eigenvalue weighted by atomic mass is 19.1. The summed E-state index contributed by atoms with van der Waals surface area (Å²) in [5, 5.41) is 39.1. The second kappa shape index (κ2) is 10.5. The van der Waals surface area contributed by atoms with Crippen LogP contribution >= 0.6 is 0 Å². The number of carbonyl (C=O) groups excluding carboxylic acids is 3. The number of amides is 1. The summed E-state index contributed by atoms with van der Waals surface area (Å²) in [6.07, 6.45) is 1.57. The smallest absolute Gasteiger partial charge is 0.265 e. The first kappa shape index (κ1) is 29.2. The van der Waals surface area contributed by atoms with Crippen molar-refractivity contribution < 1.29 is 43.4 Å². The molecule has 12 heteroatoms. The Hall–Kier alpha value is -4.55. The Balaban J connectivity index is 1.31. The molecule has 3 aliphatic carbocycles. The van der Waals surface area contributed by atoms with E-state index in [2.05, 4.69) is 5.16 Å². The van der Waals surface area contributed by atoms with Gasteiger partial charge in [-0.1, -0.05) is 30.3 Å². The van der Waals surface area contributed by atoms with Gasteiger partial charge in [-0.3, -0.25) is 19.3 Å². The Morgan fingerprint density at radius 3 is 2.56 bits per heavy atom. The second-order valence-electron chi connectivity index (χ2n) is 12.5. The van der Waals surface area contributed by atoms with E-state index >= 15 is 4.39 Å². The first-order valence-corrected chi connectivity index (χ1v) is 15.0. The van der Waals surface area contributed by atoms with E-state index in [0.717, 1.165) is 24.5 Å². The summed E-state index contributed by atoms with van der Waals surface area (Å²) in [5.41, 5.74) is -2.88. The predicted molar refractivity (Wildman–Crippen MR) is 155 cm³/mol. The summed E-state index contributed by atoms with van der Waals surface area (Å²) in [5.74, 6) is -6.79.